The molecule has 6 heteroatoms. The number of carbonyl (C=O) groups excluding carboxylic acids is 1. The van der Waals surface area contributed by atoms with Crippen LogP contribution in [-0.2, 0) is 4.79 Å². The maximum atomic E-state index is 11.9. The number of nitrogens with one attached hydrogen (secondary N) is 1. The molecule has 1 fully saturated rings. The van der Waals surface area contributed by atoms with Gasteiger partial charge in [-0.05, 0) is 0 Å². The van der Waals surface area contributed by atoms with Crippen LogP contribution in [0.25, 0.3) is 0 Å². The van der Waals surface area contributed by atoms with E-state index in [1.54, 1.807) is 0 Å². The molecule has 1 aliphatic rings. The van der Waals surface area contributed by atoms with E-state index >= 15 is 0 Å². The molecule has 0 saturated carbocycles. The van der Waals surface area contributed by atoms with Crippen molar-refractivity contribution in [2.24, 2.45) is 0 Å². The second-order valence-electron chi connectivity index (χ2n) is 2.93. The molecule has 0 aromatic rings. The summed E-state index contributed by atoms with van der Waals surface area (Å²) in [5.74, 6) is -0.428. The average molecular weight is 196 g/mol. The van der Waals surface area contributed by atoms with E-state index in [0.29, 0.717) is 13.1 Å². The molecule has 1 amide bonds. The SMILES string of the molecule is O=C1CCNCCN1CC(F)(F)F. The van der Waals surface area contributed by atoms with Crippen molar-refractivity contribution < 1.29 is 18.0 Å². The number of nitrogens with zero attached hydrogens (tertiary/aromatic N) is 1. The third-order valence-electron chi connectivity index (χ3n) is 1.80. The van der Waals surface area contributed by atoms with E-state index in [0.717, 1.165) is 4.90 Å². The molecule has 0 spiro atoms. The second kappa shape index (κ2) is 3.95. The molecule has 1 aliphatic heterocycles. The number of amides is 1. The van der Waals surface area contributed by atoms with Crippen LogP contribution in [0.1, 0.15) is 6.42 Å². The molecule has 1 heterocycles. The van der Waals surface area contributed by atoms with Gasteiger partial charge in [-0.25, -0.2) is 0 Å². The third kappa shape index (κ3) is 3.63. The summed E-state index contributed by atoms with van der Waals surface area (Å²) in [6, 6.07) is 0. The fraction of sp³-hybridized carbons (Fsp3) is 0.857. The van der Waals surface area contributed by atoms with Crippen molar-refractivity contribution in [3.8, 4) is 0 Å². The van der Waals surface area contributed by atoms with Crippen molar-refractivity contribution in [3.63, 3.8) is 0 Å². The molecule has 0 aliphatic carbocycles. The summed E-state index contributed by atoms with van der Waals surface area (Å²) in [4.78, 5) is 11.9. The first-order valence-corrected chi connectivity index (χ1v) is 4.04. The van der Waals surface area contributed by atoms with Crippen LogP contribution in [0.2, 0.25) is 0 Å². The van der Waals surface area contributed by atoms with E-state index < -0.39 is 18.6 Å². The fourth-order valence-corrected chi connectivity index (χ4v) is 1.20. The zero-order valence-electron chi connectivity index (χ0n) is 7.02. The minimum atomic E-state index is -4.29. The summed E-state index contributed by atoms with van der Waals surface area (Å²) in [5.41, 5.74) is 0. The highest BCUT2D eigenvalue weighted by molar-refractivity contribution is 5.76. The van der Waals surface area contributed by atoms with Crippen LogP contribution >= 0.6 is 0 Å². The van der Waals surface area contributed by atoms with Gasteiger partial charge < -0.3 is 10.2 Å². The quantitative estimate of drug-likeness (QED) is 0.657. The maximum absolute atomic E-state index is 11.9. The minimum Gasteiger partial charge on any atom is -0.332 e. The molecule has 0 radical (unpaired) electrons. The lowest BCUT2D eigenvalue weighted by molar-refractivity contribution is -0.160. The smallest absolute Gasteiger partial charge is 0.332 e. The van der Waals surface area contributed by atoms with Gasteiger partial charge in [-0.15, -0.1) is 0 Å². The molecule has 1 N–H and O–H groups in total. The Morgan fingerprint density at radius 3 is 2.69 bits per heavy atom. The summed E-state index contributed by atoms with van der Waals surface area (Å²) < 4.78 is 35.8. The number of carbonyl (C=O) groups is 1. The van der Waals surface area contributed by atoms with E-state index in [4.69, 9.17) is 0 Å². The van der Waals surface area contributed by atoms with Gasteiger partial charge in [0.1, 0.15) is 6.54 Å². The number of hydrogen-bond donors (Lipinski definition) is 1. The van der Waals surface area contributed by atoms with Crippen molar-refractivity contribution in [2.45, 2.75) is 12.6 Å². The minimum absolute atomic E-state index is 0.137. The van der Waals surface area contributed by atoms with Crippen molar-refractivity contribution in [3.05, 3.63) is 0 Å². The largest absolute Gasteiger partial charge is 0.406 e. The van der Waals surface area contributed by atoms with E-state index in [-0.39, 0.29) is 13.0 Å². The van der Waals surface area contributed by atoms with Gasteiger partial charge in [0.05, 0.1) is 0 Å². The molecule has 3 nitrogen and oxygen atoms in total. The van der Waals surface area contributed by atoms with Crippen molar-refractivity contribution in [1.82, 2.24) is 10.2 Å². The van der Waals surface area contributed by atoms with Crippen LogP contribution in [-0.4, -0.2) is 43.2 Å². The molecule has 0 aromatic carbocycles. The zero-order valence-corrected chi connectivity index (χ0v) is 7.02. The lowest BCUT2D eigenvalue weighted by atomic mass is 10.3. The first-order chi connectivity index (χ1) is 5.99. The Balaban J connectivity index is 2.50. The van der Waals surface area contributed by atoms with E-state index in [1.807, 2.05) is 0 Å². The number of hydrogen-bond acceptors (Lipinski definition) is 2. The van der Waals surface area contributed by atoms with Crippen molar-refractivity contribution in [2.75, 3.05) is 26.2 Å². The van der Waals surface area contributed by atoms with E-state index in [9.17, 15) is 18.0 Å². The van der Waals surface area contributed by atoms with Crippen LogP contribution in [0.15, 0.2) is 0 Å². The van der Waals surface area contributed by atoms with Crippen LogP contribution < -0.4 is 5.32 Å². The predicted octanol–water partition coefficient (Wildman–Crippen LogP) is 0.371. The Morgan fingerprint density at radius 1 is 1.38 bits per heavy atom. The lowest BCUT2D eigenvalue weighted by Crippen LogP contribution is -2.39. The van der Waals surface area contributed by atoms with E-state index in [1.165, 1.54) is 0 Å². The molecular formula is C7H11F3N2O. The first-order valence-electron chi connectivity index (χ1n) is 4.04. The highest BCUT2D eigenvalue weighted by atomic mass is 19.4. The average Bonchev–Trinajstić information content (AvgIpc) is 2.14. The van der Waals surface area contributed by atoms with Gasteiger partial charge in [-0.1, -0.05) is 0 Å². The predicted molar refractivity (Wildman–Crippen MR) is 40.1 cm³/mol. The van der Waals surface area contributed by atoms with Gasteiger partial charge in [-0.2, -0.15) is 13.2 Å². The summed E-state index contributed by atoms with van der Waals surface area (Å²) in [5, 5.41) is 2.86. The van der Waals surface area contributed by atoms with Crippen molar-refractivity contribution >= 4 is 5.91 Å². The molecule has 1 rings (SSSR count). The van der Waals surface area contributed by atoms with Crippen LogP contribution in [0.5, 0.6) is 0 Å². The highest BCUT2D eigenvalue weighted by Gasteiger charge is 2.33. The highest BCUT2D eigenvalue weighted by Crippen LogP contribution is 2.17. The Bertz CT molecular complexity index is 193. The normalized spacial score (nSPS) is 20.2. The number of halogens is 3. The topological polar surface area (TPSA) is 32.3 Å². The summed E-state index contributed by atoms with van der Waals surface area (Å²) >= 11 is 0. The maximum Gasteiger partial charge on any atom is 0.406 e. The molecule has 0 aromatic heterocycles. The molecule has 0 atom stereocenters. The van der Waals surface area contributed by atoms with Gasteiger partial charge in [0.15, 0.2) is 0 Å². The monoisotopic (exact) mass is 196 g/mol. The summed E-state index contributed by atoms with van der Waals surface area (Å²) in [6.45, 7) is -0.0964. The van der Waals surface area contributed by atoms with Crippen molar-refractivity contribution in [1.29, 1.82) is 0 Å². The first kappa shape index (κ1) is 10.3. The summed E-state index contributed by atoms with van der Waals surface area (Å²) in [7, 11) is 0. The number of alkyl halides is 3. The Hall–Kier alpha value is -0.780. The lowest BCUT2D eigenvalue weighted by Gasteiger charge is -2.21. The standard InChI is InChI=1S/C7H11F3N2O/c8-7(9,10)5-12-4-3-11-2-1-6(12)13/h11H,1-5H2. The number of rotatable bonds is 1. The Kier molecular flexibility index (Phi) is 3.13. The van der Waals surface area contributed by atoms with Gasteiger partial charge in [0.2, 0.25) is 5.91 Å². The Labute approximate surface area is 73.9 Å². The van der Waals surface area contributed by atoms with E-state index in [2.05, 4.69) is 5.32 Å². The van der Waals surface area contributed by atoms with Crippen LogP contribution in [0.4, 0.5) is 13.2 Å². The van der Waals surface area contributed by atoms with Gasteiger partial charge in [0.25, 0.3) is 0 Å². The third-order valence-corrected chi connectivity index (χ3v) is 1.80. The van der Waals surface area contributed by atoms with Gasteiger partial charge in [0, 0.05) is 26.1 Å². The zero-order chi connectivity index (χ0) is 9.90. The Morgan fingerprint density at radius 2 is 2.08 bits per heavy atom. The fourth-order valence-electron chi connectivity index (χ4n) is 1.20. The molecule has 1 saturated heterocycles. The molecule has 13 heavy (non-hydrogen) atoms. The van der Waals surface area contributed by atoms with Gasteiger partial charge in [-0.3, -0.25) is 4.79 Å². The molecule has 0 bridgehead atoms. The summed E-state index contributed by atoms with van der Waals surface area (Å²) in [6.07, 6.45) is -4.14. The van der Waals surface area contributed by atoms with Crippen LogP contribution in [0.3, 0.4) is 0 Å². The van der Waals surface area contributed by atoms with Crippen LogP contribution in [0, 0.1) is 0 Å². The molecule has 0 unspecified atom stereocenters. The van der Waals surface area contributed by atoms with Gasteiger partial charge >= 0.3 is 6.18 Å². The second-order valence-corrected chi connectivity index (χ2v) is 2.93. The molecular weight excluding hydrogens is 185 g/mol. The molecule has 76 valence electrons.